The molecule has 0 aromatic heterocycles. The highest BCUT2D eigenvalue weighted by Gasteiger charge is 2.23. The second-order valence-corrected chi connectivity index (χ2v) is 3.05. The number of hydrogen-bond donors (Lipinski definition) is 1. The van der Waals surface area contributed by atoms with Crippen molar-refractivity contribution in [3.8, 4) is 17.2 Å². The van der Waals surface area contributed by atoms with E-state index >= 15 is 0 Å². The summed E-state index contributed by atoms with van der Waals surface area (Å²) in [6.45, 7) is 0.563. The van der Waals surface area contributed by atoms with E-state index < -0.39 is 0 Å². The van der Waals surface area contributed by atoms with Crippen molar-refractivity contribution in [2.24, 2.45) is 0 Å². The lowest BCUT2D eigenvalue weighted by Gasteiger charge is -2.09. The molecule has 4 heteroatoms. The number of hydrogen-bond acceptors (Lipinski definition) is 4. The molecule has 1 aromatic carbocycles. The predicted molar refractivity (Wildman–Crippen MR) is 49.2 cm³/mol. The summed E-state index contributed by atoms with van der Waals surface area (Å²) in [5.41, 5.74) is 1.15. The molecule has 2 rings (SSSR count). The van der Waals surface area contributed by atoms with Gasteiger partial charge in [0.25, 0.3) is 0 Å². The van der Waals surface area contributed by atoms with E-state index in [9.17, 15) is 9.90 Å². The molecule has 0 amide bonds. The Morgan fingerprint density at radius 3 is 3.07 bits per heavy atom. The largest absolute Gasteiger partial charge is 0.504 e. The Labute approximate surface area is 81.1 Å². The van der Waals surface area contributed by atoms with Crippen molar-refractivity contribution in [1.29, 1.82) is 0 Å². The van der Waals surface area contributed by atoms with Crippen LogP contribution in [-0.4, -0.2) is 25.1 Å². The molecule has 1 aliphatic rings. The smallest absolute Gasteiger partial charge is 0.204 e. The number of rotatable bonds is 2. The predicted octanol–water partition coefficient (Wildman–Crippen LogP) is 1.15. The van der Waals surface area contributed by atoms with E-state index in [0.717, 1.165) is 12.0 Å². The van der Waals surface area contributed by atoms with Crippen LogP contribution >= 0.6 is 0 Å². The molecule has 0 radical (unpaired) electrons. The van der Waals surface area contributed by atoms with Crippen molar-refractivity contribution < 1.29 is 19.4 Å². The molecular formula is C10H10O4. The Morgan fingerprint density at radius 2 is 2.43 bits per heavy atom. The first-order chi connectivity index (χ1) is 6.77. The number of aldehydes is 1. The standard InChI is InChI=1S/C10H10O4/c1-13-10-8(12)7(5-11)4-6-2-3-14-9(6)10/h4-5,12H,2-3H2,1H3. The number of carbonyl (C=O) groups excluding carboxylic acids is 1. The second kappa shape index (κ2) is 3.21. The Kier molecular flexibility index (Phi) is 2.04. The van der Waals surface area contributed by atoms with Crippen molar-refractivity contribution >= 4 is 6.29 Å². The van der Waals surface area contributed by atoms with Crippen LogP contribution in [0.2, 0.25) is 0 Å². The van der Waals surface area contributed by atoms with Crippen molar-refractivity contribution in [3.63, 3.8) is 0 Å². The van der Waals surface area contributed by atoms with Crippen LogP contribution in [-0.2, 0) is 6.42 Å². The SMILES string of the molecule is COc1c(O)c(C=O)cc2c1OCC2. The number of methoxy groups -OCH3 is 1. The molecule has 4 nitrogen and oxygen atoms in total. The number of carbonyl (C=O) groups is 1. The summed E-state index contributed by atoms with van der Waals surface area (Å²) in [5.74, 6) is 0.654. The van der Waals surface area contributed by atoms with Gasteiger partial charge in [0, 0.05) is 12.0 Å². The summed E-state index contributed by atoms with van der Waals surface area (Å²) < 4.78 is 10.3. The molecule has 0 spiro atoms. The molecule has 1 heterocycles. The van der Waals surface area contributed by atoms with Crippen LogP contribution in [0.25, 0.3) is 0 Å². The highest BCUT2D eigenvalue weighted by molar-refractivity contribution is 5.83. The van der Waals surface area contributed by atoms with Gasteiger partial charge in [-0.1, -0.05) is 0 Å². The molecule has 0 bridgehead atoms. The molecule has 14 heavy (non-hydrogen) atoms. The lowest BCUT2D eigenvalue weighted by molar-refractivity contribution is 0.112. The molecular weight excluding hydrogens is 184 g/mol. The minimum atomic E-state index is -0.150. The van der Waals surface area contributed by atoms with Gasteiger partial charge in [-0.15, -0.1) is 0 Å². The van der Waals surface area contributed by atoms with Crippen molar-refractivity contribution in [1.82, 2.24) is 0 Å². The fraction of sp³-hybridized carbons (Fsp3) is 0.300. The third-order valence-corrected chi connectivity index (χ3v) is 2.27. The van der Waals surface area contributed by atoms with Gasteiger partial charge in [0.1, 0.15) is 0 Å². The number of aromatic hydroxyl groups is 1. The van der Waals surface area contributed by atoms with Crippen LogP contribution in [0.1, 0.15) is 15.9 Å². The minimum Gasteiger partial charge on any atom is -0.504 e. The highest BCUT2D eigenvalue weighted by atomic mass is 16.5. The molecule has 74 valence electrons. The summed E-state index contributed by atoms with van der Waals surface area (Å²) in [6.07, 6.45) is 1.35. The molecule has 1 aliphatic heterocycles. The number of phenolic OH excluding ortho intramolecular Hbond substituents is 1. The van der Waals surface area contributed by atoms with E-state index in [2.05, 4.69) is 0 Å². The van der Waals surface area contributed by atoms with Gasteiger partial charge in [0.05, 0.1) is 19.3 Å². The zero-order valence-corrected chi connectivity index (χ0v) is 7.74. The summed E-state index contributed by atoms with van der Waals surface area (Å²) in [5, 5.41) is 9.62. The van der Waals surface area contributed by atoms with Crippen LogP contribution in [0, 0.1) is 0 Å². The number of fused-ring (bicyclic) bond motifs is 1. The van der Waals surface area contributed by atoms with Crippen LogP contribution in [0.15, 0.2) is 6.07 Å². The van der Waals surface area contributed by atoms with Gasteiger partial charge >= 0.3 is 0 Å². The third kappa shape index (κ3) is 1.11. The third-order valence-electron chi connectivity index (χ3n) is 2.27. The number of ether oxygens (including phenoxy) is 2. The molecule has 1 aromatic rings. The lowest BCUT2D eigenvalue weighted by atomic mass is 10.1. The van der Waals surface area contributed by atoms with Gasteiger partial charge in [0.2, 0.25) is 5.75 Å². The average Bonchev–Trinajstić information content (AvgIpc) is 2.64. The normalized spacial score (nSPS) is 13.2. The first-order valence-electron chi connectivity index (χ1n) is 4.28. The fourth-order valence-corrected chi connectivity index (χ4v) is 1.59. The molecule has 0 saturated carbocycles. The number of benzene rings is 1. The van der Waals surface area contributed by atoms with Gasteiger partial charge in [0.15, 0.2) is 17.8 Å². The summed E-state index contributed by atoms with van der Waals surface area (Å²) in [7, 11) is 1.44. The van der Waals surface area contributed by atoms with Crippen LogP contribution in [0.3, 0.4) is 0 Å². The lowest BCUT2D eigenvalue weighted by Crippen LogP contribution is -1.93. The zero-order valence-electron chi connectivity index (χ0n) is 7.74. The maximum absolute atomic E-state index is 10.6. The van der Waals surface area contributed by atoms with Crippen molar-refractivity contribution in [2.45, 2.75) is 6.42 Å². The van der Waals surface area contributed by atoms with E-state index in [1.54, 1.807) is 6.07 Å². The van der Waals surface area contributed by atoms with Gasteiger partial charge in [-0.05, 0) is 6.07 Å². The van der Waals surface area contributed by atoms with Crippen LogP contribution < -0.4 is 9.47 Å². The molecule has 0 fully saturated rings. The highest BCUT2D eigenvalue weighted by Crippen LogP contribution is 2.43. The quantitative estimate of drug-likeness (QED) is 0.717. The van der Waals surface area contributed by atoms with E-state index in [1.807, 2.05) is 0 Å². The monoisotopic (exact) mass is 194 g/mol. The Balaban J connectivity index is 2.66. The summed E-state index contributed by atoms with van der Waals surface area (Å²) in [4.78, 5) is 10.6. The molecule has 0 unspecified atom stereocenters. The number of phenols is 1. The Hall–Kier alpha value is -1.71. The molecule has 1 N–H and O–H groups in total. The van der Waals surface area contributed by atoms with Crippen molar-refractivity contribution in [3.05, 3.63) is 17.2 Å². The first kappa shape index (κ1) is 8.87. The summed E-state index contributed by atoms with van der Waals surface area (Å²) in [6, 6.07) is 1.63. The van der Waals surface area contributed by atoms with Gasteiger partial charge < -0.3 is 14.6 Å². The van der Waals surface area contributed by atoms with E-state index in [-0.39, 0.29) is 17.1 Å². The van der Waals surface area contributed by atoms with Gasteiger partial charge in [-0.25, -0.2) is 0 Å². The Bertz CT molecular complexity index is 384. The second-order valence-electron chi connectivity index (χ2n) is 3.05. The summed E-state index contributed by atoms with van der Waals surface area (Å²) >= 11 is 0. The fourth-order valence-electron chi connectivity index (χ4n) is 1.59. The van der Waals surface area contributed by atoms with E-state index in [4.69, 9.17) is 9.47 Å². The van der Waals surface area contributed by atoms with E-state index in [1.165, 1.54) is 7.11 Å². The molecule has 0 saturated heterocycles. The van der Waals surface area contributed by atoms with Crippen LogP contribution in [0.4, 0.5) is 0 Å². The van der Waals surface area contributed by atoms with E-state index in [0.29, 0.717) is 18.6 Å². The topological polar surface area (TPSA) is 55.8 Å². The Morgan fingerprint density at radius 1 is 1.64 bits per heavy atom. The molecule has 0 aliphatic carbocycles. The van der Waals surface area contributed by atoms with Gasteiger partial charge in [-0.2, -0.15) is 0 Å². The first-order valence-corrected chi connectivity index (χ1v) is 4.28. The zero-order chi connectivity index (χ0) is 10.1. The minimum absolute atomic E-state index is 0.150. The van der Waals surface area contributed by atoms with Crippen LogP contribution in [0.5, 0.6) is 17.2 Å². The maximum atomic E-state index is 10.6. The van der Waals surface area contributed by atoms with Crippen molar-refractivity contribution in [2.75, 3.05) is 13.7 Å². The molecule has 0 atom stereocenters. The average molecular weight is 194 g/mol. The van der Waals surface area contributed by atoms with Gasteiger partial charge in [-0.3, -0.25) is 4.79 Å². The maximum Gasteiger partial charge on any atom is 0.204 e.